The van der Waals surface area contributed by atoms with Gasteiger partial charge in [0.2, 0.25) is 0 Å². The van der Waals surface area contributed by atoms with Gasteiger partial charge in [0, 0.05) is 11.6 Å². The van der Waals surface area contributed by atoms with Gasteiger partial charge in [0.15, 0.2) is 0 Å². The maximum Gasteiger partial charge on any atom is 0.407 e. The number of halogens is 1. The number of benzene rings is 2. The Morgan fingerprint density at radius 1 is 1.17 bits per heavy atom. The number of carbonyl (C=O) groups is 1. The molecule has 2 aromatic carbocycles. The summed E-state index contributed by atoms with van der Waals surface area (Å²) in [7, 11) is 0. The van der Waals surface area contributed by atoms with E-state index in [0.29, 0.717) is 30.0 Å². The SMILES string of the molecule is O=C(O)N(CCCc1ccc(O)cc1)C[C@H](O)c1cccc(Cl)c1. The van der Waals surface area contributed by atoms with E-state index in [-0.39, 0.29) is 12.3 Å². The second kappa shape index (κ2) is 8.57. The Morgan fingerprint density at radius 2 is 1.88 bits per heavy atom. The highest BCUT2D eigenvalue weighted by Gasteiger charge is 2.17. The first-order valence-corrected chi connectivity index (χ1v) is 8.03. The van der Waals surface area contributed by atoms with Crippen molar-refractivity contribution in [1.29, 1.82) is 0 Å². The summed E-state index contributed by atoms with van der Waals surface area (Å²) in [5.41, 5.74) is 1.61. The topological polar surface area (TPSA) is 81.0 Å². The molecule has 128 valence electrons. The number of carboxylic acid groups (broad SMARTS) is 1. The highest BCUT2D eigenvalue weighted by molar-refractivity contribution is 6.30. The monoisotopic (exact) mass is 349 g/mol. The molecular weight excluding hydrogens is 330 g/mol. The minimum Gasteiger partial charge on any atom is -0.508 e. The zero-order valence-corrected chi connectivity index (χ0v) is 13.9. The lowest BCUT2D eigenvalue weighted by molar-refractivity contribution is 0.0962. The molecule has 0 radical (unpaired) electrons. The van der Waals surface area contributed by atoms with Gasteiger partial charge >= 0.3 is 6.09 Å². The fraction of sp³-hybridized carbons (Fsp3) is 0.278. The smallest absolute Gasteiger partial charge is 0.407 e. The van der Waals surface area contributed by atoms with Gasteiger partial charge in [-0.2, -0.15) is 0 Å². The summed E-state index contributed by atoms with van der Waals surface area (Å²) in [6.07, 6.45) is -0.674. The lowest BCUT2D eigenvalue weighted by Crippen LogP contribution is -2.34. The fourth-order valence-corrected chi connectivity index (χ4v) is 2.63. The Kier molecular flexibility index (Phi) is 6.46. The Morgan fingerprint density at radius 3 is 2.50 bits per heavy atom. The van der Waals surface area contributed by atoms with Crippen molar-refractivity contribution in [2.75, 3.05) is 13.1 Å². The van der Waals surface area contributed by atoms with E-state index in [9.17, 15) is 20.1 Å². The normalized spacial score (nSPS) is 11.9. The van der Waals surface area contributed by atoms with E-state index in [1.807, 2.05) is 0 Å². The largest absolute Gasteiger partial charge is 0.508 e. The number of aryl methyl sites for hydroxylation is 1. The van der Waals surface area contributed by atoms with Crippen LogP contribution >= 0.6 is 11.6 Å². The molecule has 3 N–H and O–H groups in total. The minimum absolute atomic E-state index is 0.00868. The number of hydrogen-bond donors (Lipinski definition) is 3. The molecule has 0 saturated heterocycles. The molecule has 5 nitrogen and oxygen atoms in total. The van der Waals surface area contributed by atoms with Crippen LogP contribution in [0.1, 0.15) is 23.7 Å². The summed E-state index contributed by atoms with van der Waals surface area (Å²) in [6.45, 7) is 0.305. The van der Waals surface area contributed by atoms with Gasteiger partial charge in [0.1, 0.15) is 5.75 Å². The average molecular weight is 350 g/mol. The minimum atomic E-state index is -1.07. The summed E-state index contributed by atoms with van der Waals surface area (Å²) >= 11 is 5.89. The second-order valence-corrected chi connectivity index (χ2v) is 6.01. The lowest BCUT2D eigenvalue weighted by Gasteiger charge is -2.22. The van der Waals surface area contributed by atoms with Crippen molar-refractivity contribution >= 4 is 17.7 Å². The molecule has 0 aliphatic heterocycles. The van der Waals surface area contributed by atoms with Crippen LogP contribution in [0.5, 0.6) is 5.75 Å². The summed E-state index contributed by atoms with van der Waals surface area (Å²) in [4.78, 5) is 12.6. The number of nitrogens with zero attached hydrogens (tertiary/aromatic N) is 1. The van der Waals surface area contributed by atoms with Gasteiger partial charge in [0.05, 0.1) is 12.6 Å². The number of hydrogen-bond acceptors (Lipinski definition) is 3. The summed E-state index contributed by atoms with van der Waals surface area (Å²) in [5.74, 6) is 0.204. The number of aliphatic hydroxyl groups excluding tert-OH is 1. The van der Waals surface area contributed by atoms with Crippen LogP contribution in [-0.2, 0) is 6.42 Å². The predicted octanol–water partition coefficient (Wildman–Crippen LogP) is 3.69. The molecule has 0 aromatic heterocycles. The van der Waals surface area contributed by atoms with Crippen molar-refractivity contribution in [2.24, 2.45) is 0 Å². The quantitative estimate of drug-likeness (QED) is 0.712. The first kappa shape index (κ1) is 18.1. The Balaban J connectivity index is 1.89. The van der Waals surface area contributed by atoms with Crippen LogP contribution < -0.4 is 0 Å². The Labute approximate surface area is 145 Å². The lowest BCUT2D eigenvalue weighted by atomic mass is 10.1. The van der Waals surface area contributed by atoms with Crippen LogP contribution in [0.4, 0.5) is 4.79 Å². The Hall–Kier alpha value is -2.24. The number of phenols is 1. The molecule has 0 bridgehead atoms. The second-order valence-electron chi connectivity index (χ2n) is 5.57. The van der Waals surface area contributed by atoms with Crippen molar-refractivity contribution < 1.29 is 20.1 Å². The zero-order valence-electron chi connectivity index (χ0n) is 13.1. The van der Waals surface area contributed by atoms with E-state index in [2.05, 4.69) is 0 Å². The maximum absolute atomic E-state index is 11.4. The molecule has 6 heteroatoms. The van der Waals surface area contributed by atoms with Crippen molar-refractivity contribution in [1.82, 2.24) is 4.90 Å². The van der Waals surface area contributed by atoms with Gasteiger partial charge < -0.3 is 20.2 Å². The van der Waals surface area contributed by atoms with E-state index in [1.54, 1.807) is 48.5 Å². The average Bonchev–Trinajstić information content (AvgIpc) is 2.55. The molecule has 1 amide bonds. The zero-order chi connectivity index (χ0) is 17.5. The van der Waals surface area contributed by atoms with Crippen molar-refractivity contribution in [3.05, 3.63) is 64.7 Å². The number of amides is 1. The van der Waals surface area contributed by atoms with Crippen LogP contribution in [0.25, 0.3) is 0 Å². The number of aromatic hydroxyl groups is 1. The maximum atomic E-state index is 11.4. The highest BCUT2D eigenvalue weighted by Crippen LogP contribution is 2.19. The number of aliphatic hydroxyl groups is 1. The third-order valence-corrected chi connectivity index (χ3v) is 3.96. The molecule has 24 heavy (non-hydrogen) atoms. The summed E-state index contributed by atoms with van der Waals surface area (Å²) in [6, 6.07) is 13.6. The van der Waals surface area contributed by atoms with Gasteiger partial charge in [-0.05, 0) is 48.2 Å². The van der Waals surface area contributed by atoms with Crippen molar-refractivity contribution in [3.8, 4) is 5.75 Å². The van der Waals surface area contributed by atoms with Crippen molar-refractivity contribution in [3.63, 3.8) is 0 Å². The third kappa shape index (κ3) is 5.44. The Bertz CT molecular complexity index is 675. The molecule has 0 fully saturated rings. The van der Waals surface area contributed by atoms with Crippen molar-refractivity contribution in [2.45, 2.75) is 18.9 Å². The van der Waals surface area contributed by atoms with Gasteiger partial charge in [-0.25, -0.2) is 4.79 Å². The molecule has 2 aromatic rings. The highest BCUT2D eigenvalue weighted by atomic mass is 35.5. The predicted molar refractivity (Wildman–Crippen MR) is 92.4 cm³/mol. The molecule has 0 heterocycles. The van der Waals surface area contributed by atoms with Gasteiger partial charge in [-0.1, -0.05) is 35.9 Å². The molecule has 0 saturated carbocycles. The molecule has 0 spiro atoms. The van der Waals surface area contributed by atoms with E-state index < -0.39 is 12.2 Å². The van der Waals surface area contributed by atoms with E-state index in [1.165, 1.54) is 4.90 Å². The molecule has 2 rings (SSSR count). The standard InChI is InChI=1S/C18H20ClNO4/c19-15-5-1-4-14(11-15)17(22)12-20(18(23)24)10-2-3-13-6-8-16(21)9-7-13/h1,4-9,11,17,21-22H,2-3,10,12H2,(H,23,24)/t17-/m0/s1. The van der Waals surface area contributed by atoms with E-state index in [4.69, 9.17) is 11.6 Å². The van der Waals surface area contributed by atoms with Crippen LogP contribution in [0, 0.1) is 0 Å². The molecule has 0 aliphatic rings. The van der Waals surface area contributed by atoms with Crippen LogP contribution in [0.2, 0.25) is 5.02 Å². The van der Waals surface area contributed by atoms with E-state index in [0.717, 1.165) is 5.56 Å². The van der Waals surface area contributed by atoms with Crippen LogP contribution in [0.15, 0.2) is 48.5 Å². The number of rotatable bonds is 7. The fourth-order valence-electron chi connectivity index (χ4n) is 2.43. The molecule has 0 unspecified atom stereocenters. The van der Waals surface area contributed by atoms with Crippen LogP contribution in [-0.4, -0.2) is 39.4 Å². The summed E-state index contributed by atoms with van der Waals surface area (Å²) < 4.78 is 0. The summed E-state index contributed by atoms with van der Waals surface area (Å²) in [5, 5.41) is 29.3. The first-order chi connectivity index (χ1) is 11.5. The van der Waals surface area contributed by atoms with Gasteiger partial charge in [0.25, 0.3) is 0 Å². The van der Waals surface area contributed by atoms with Crippen LogP contribution in [0.3, 0.4) is 0 Å². The molecule has 0 aliphatic carbocycles. The van der Waals surface area contributed by atoms with E-state index >= 15 is 0 Å². The first-order valence-electron chi connectivity index (χ1n) is 7.65. The number of phenolic OH excluding ortho intramolecular Hbond substituents is 1. The molecule has 1 atom stereocenters. The van der Waals surface area contributed by atoms with Gasteiger partial charge in [-0.15, -0.1) is 0 Å². The third-order valence-electron chi connectivity index (χ3n) is 3.73. The van der Waals surface area contributed by atoms with Gasteiger partial charge in [-0.3, -0.25) is 0 Å². The molecular formula is C18H20ClNO4.